The molecule has 0 aliphatic carbocycles. The van der Waals surface area contributed by atoms with Crippen molar-refractivity contribution in [3.8, 4) is 0 Å². The number of halogens is 2. The SMILES string of the molecule is CC(F)(F)c1cnc(CC(=O)O)[nH]1. The number of rotatable bonds is 3. The molecule has 0 aromatic carbocycles. The largest absolute Gasteiger partial charge is 0.481 e. The molecule has 0 saturated heterocycles. The predicted molar refractivity (Wildman–Crippen MR) is 39.5 cm³/mol. The van der Waals surface area contributed by atoms with Crippen molar-refractivity contribution in [3.05, 3.63) is 17.7 Å². The lowest BCUT2D eigenvalue weighted by atomic mass is 10.3. The van der Waals surface area contributed by atoms with E-state index >= 15 is 0 Å². The molecule has 1 aromatic heterocycles. The number of aliphatic carboxylic acids is 1. The van der Waals surface area contributed by atoms with Crippen LogP contribution in [0.15, 0.2) is 6.20 Å². The zero-order valence-electron chi connectivity index (χ0n) is 6.84. The second kappa shape index (κ2) is 3.12. The number of nitrogens with one attached hydrogen (secondary N) is 1. The van der Waals surface area contributed by atoms with Crippen LogP contribution in [0, 0.1) is 0 Å². The number of aromatic amines is 1. The molecule has 0 unspecified atom stereocenters. The van der Waals surface area contributed by atoms with Gasteiger partial charge in [-0.2, -0.15) is 8.78 Å². The number of alkyl halides is 2. The minimum Gasteiger partial charge on any atom is -0.481 e. The second-order valence-electron chi connectivity index (χ2n) is 2.70. The van der Waals surface area contributed by atoms with E-state index in [9.17, 15) is 13.6 Å². The first-order valence-corrected chi connectivity index (χ1v) is 3.53. The Labute approximate surface area is 72.6 Å². The highest BCUT2D eigenvalue weighted by Gasteiger charge is 2.26. The van der Waals surface area contributed by atoms with Gasteiger partial charge < -0.3 is 10.1 Å². The van der Waals surface area contributed by atoms with E-state index < -0.39 is 11.9 Å². The van der Waals surface area contributed by atoms with Crippen molar-refractivity contribution in [2.45, 2.75) is 19.3 Å². The topological polar surface area (TPSA) is 66.0 Å². The van der Waals surface area contributed by atoms with Crippen LogP contribution in [0.3, 0.4) is 0 Å². The molecule has 0 bridgehead atoms. The molecule has 0 amide bonds. The molecule has 6 heteroatoms. The van der Waals surface area contributed by atoms with Gasteiger partial charge in [0.1, 0.15) is 17.9 Å². The zero-order valence-corrected chi connectivity index (χ0v) is 6.84. The average Bonchev–Trinajstić information content (AvgIpc) is 2.32. The summed E-state index contributed by atoms with van der Waals surface area (Å²) in [4.78, 5) is 15.9. The van der Waals surface area contributed by atoms with Gasteiger partial charge in [0.25, 0.3) is 5.92 Å². The molecule has 4 nitrogen and oxygen atoms in total. The fraction of sp³-hybridized carbons (Fsp3) is 0.429. The molecule has 1 aromatic rings. The molecule has 0 spiro atoms. The lowest BCUT2D eigenvalue weighted by molar-refractivity contribution is -0.136. The molecular weight excluding hydrogens is 182 g/mol. The summed E-state index contributed by atoms with van der Waals surface area (Å²) in [5.41, 5.74) is -0.372. The van der Waals surface area contributed by atoms with Crippen molar-refractivity contribution in [2.24, 2.45) is 0 Å². The molecule has 2 N–H and O–H groups in total. The number of carboxylic acids is 1. The number of carbonyl (C=O) groups is 1. The van der Waals surface area contributed by atoms with Crippen LogP contribution in [-0.2, 0) is 17.1 Å². The van der Waals surface area contributed by atoms with Crippen LogP contribution in [0.4, 0.5) is 8.78 Å². The molecule has 0 fully saturated rings. The number of hydrogen-bond acceptors (Lipinski definition) is 2. The lowest BCUT2D eigenvalue weighted by Crippen LogP contribution is -2.08. The van der Waals surface area contributed by atoms with Crippen molar-refractivity contribution in [3.63, 3.8) is 0 Å². The number of hydrogen-bond donors (Lipinski definition) is 2. The van der Waals surface area contributed by atoms with Crippen molar-refractivity contribution in [1.29, 1.82) is 0 Å². The van der Waals surface area contributed by atoms with Gasteiger partial charge in [0.15, 0.2) is 0 Å². The first-order chi connectivity index (χ1) is 5.89. The van der Waals surface area contributed by atoms with Crippen molar-refractivity contribution in [2.75, 3.05) is 0 Å². The molecule has 0 radical (unpaired) electrons. The van der Waals surface area contributed by atoms with Gasteiger partial charge in [0.05, 0.1) is 6.20 Å². The third-order valence-corrected chi connectivity index (χ3v) is 1.42. The maximum atomic E-state index is 12.6. The summed E-state index contributed by atoms with van der Waals surface area (Å²) in [6.45, 7) is 0.713. The van der Waals surface area contributed by atoms with E-state index in [1.165, 1.54) is 0 Å². The molecule has 0 aliphatic heterocycles. The standard InChI is InChI=1S/C7H8F2N2O2/c1-7(8,9)4-3-10-5(11-4)2-6(12)13/h3H,2H2,1H3,(H,10,11)(H,12,13). The molecule has 0 aliphatic rings. The van der Waals surface area contributed by atoms with Gasteiger partial charge in [-0.25, -0.2) is 4.98 Å². The summed E-state index contributed by atoms with van der Waals surface area (Å²) in [5, 5.41) is 8.33. The number of imidazole rings is 1. The third-order valence-electron chi connectivity index (χ3n) is 1.42. The molecule has 1 rings (SSSR count). The van der Waals surface area contributed by atoms with Gasteiger partial charge in [-0.15, -0.1) is 0 Å². The summed E-state index contributed by atoms with van der Waals surface area (Å²) in [7, 11) is 0. The van der Waals surface area contributed by atoms with Crippen LogP contribution in [0.25, 0.3) is 0 Å². The van der Waals surface area contributed by atoms with E-state index in [0.29, 0.717) is 6.92 Å². The second-order valence-corrected chi connectivity index (χ2v) is 2.70. The van der Waals surface area contributed by atoms with Gasteiger partial charge in [-0.1, -0.05) is 0 Å². The van der Waals surface area contributed by atoms with E-state index in [-0.39, 0.29) is 17.9 Å². The highest BCUT2D eigenvalue weighted by atomic mass is 19.3. The number of aromatic nitrogens is 2. The Morgan fingerprint density at radius 3 is 2.77 bits per heavy atom. The summed E-state index contributed by atoms with van der Waals surface area (Å²) < 4.78 is 25.2. The summed E-state index contributed by atoms with van der Waals surface area (Å²) in [5.74, 6) is -4.09. The maximum absolute atomic E-state index is 12.6. The van der Waals surface area contributed by atoms with Crippen molar-refractivity contribution in [1.82, 2.24) is 9.97 Å². The third kappa shape index (κ3) is 2.50. The van der Waals surface area contributed by atoms with E-state index in [2.05, 4.69) is 9.97 Å². The van der Waals surface area contributed by atoms with Gasteiger partial charge in [-0.3, -0.25) is 4.79 Å². The van der Waals surface area contributed by atoms with Crippen molar-refractivity contribution < 1.29 is 18.7 Å². The first kappa shape index (κ1) is 9.63. The number of nitrogens with zero attached hydrogens (tertiary/aromatic N) is 1. The molecule has 72 valence electrons. The number of H-pyrrole nitrogens is 1. The van der Waals surface area contributed by atoms with Gasteiger partial charge in [0.2, 0.25) is 0 Å². The van der Waals surface area contributed by atoms with Crippen LogP contribution in [0.5, 0.6) is 0 Å². The average molecular weight is 190 g/mol. The normalized spacial score (nSPS) is 11.6. The summed E-state index contributed by atoms with van der Waals surface area (Å²) in [6.07, 6.45) is 0.564. The molecular formula is C7H8F2N2O2. The van der Waals surface area contributed by atoms with Crippen molar-refractivity contribution >= 4 is 5.97 Å². The van der Waals surface area contributed by atoms with Crippen LogP contribution in [-0.4, -0.2) is 21.0 Å². The van der Waals surface area contributed by atoms with Crippen LogP contribution >= 0.6 is 0 Å². The van der Waals surface area contributed by atoms with Crippen LogP contribution in [0.1, 0.15) is 18.4 Å². The Kier molecular flexibility index (Phi) is 2.31. The minimum absolute atomic E-state index is 0.0315. The summed E-state index contributed by atoms with van der Waals surface area (Å²) in [6, 6.07) is 0. The van der Waals surface area contributed by atoms with E-state index in [1.807, 2.05) is 0 Å². The Balaban J connectivity index is 2.81. The van der Waals surface area contributed by atoms with Gasteiger partial charge in [-0.05, 0) is 0 Å². The van der Waals surface area contributed by atoms with Crippen LogP contribution in [0.2, 0.25) is 0 Å². The highest BCUT2D eigenvalue weighted by molar-refractivity contribution is 5.68. The van der Waals surface area contributed by atoms with Crippen LogP contribution < -0.4 is 0 Å². The monoisotopic (exact) mass is 190 g/mol. The smallest absolute Gasteiger partial charge is 0.311 e. The fourth-order valence-electron chi connectivity index (χ4n) is 0.819. The van der Waals surface area contributed by atoms with E-state index in [1.54, 1.807) is 0 Å². The highest BCUT2D eigenvalue weighted by Crippen LogP contribution is 2.24. The molecule has 0 atom stereocenters. The fourth-order valence-corrected chi connectivity index (χ4v) is 0.819. The van der Waals surface area contributed by atoms with Gasteiger partial charge in [0, 0.05) is 6.92 Å². The predicted octanol–water partition coefficient (Wildman–Crippen LogP) is 1.15. The van der Waals surface area contributed by atoms with Gasteiger partial charge >= 0.3 is 5.97 Å². The Bertz CT molecular complexity index is 317. The summed E-state index contributed by atoms with van der Waals surface area (Å²) >= 11 is 0. The Hall–Kier alpha value is -1.46. The number of carboxylic acid groups (broad SMARTS) is 1. The quantitative estimate of drug-likeness (QED) is 0.751. The molecule has 13 heavy (non-hydrogen) atoms. The van der Waals surface area contributed by atoms with E-state index in [4.69, 9.17) is 5.11 Å². The maximum Gasteiger partial charge on any atom is 0.311 e. The Morgan fingerprint density at radius 2 is 2.38 bits per heavy atom. The molecule has 1 heterocycles. The first-order valence-electron chi connectivity index (χ1n) is 3.53. The zero-order chi connectivity index (χ0) is 10.1. The minimum atomic E-state index is -3.01. The lowest BCUT2D eigenvalue weighted by Gasteiger charge is -2.05. The molecule has 0 saturated carbocycles. The Morgan fingerprint density at radius 1 is 1.77 bits per heavy atom. The van der Waals surface area contributed by atoms with E-state index in [0.717, 1.165) is 6.20 Å².